The van der Waals surface area contributed by atoms with E-state index in [1.807, 2.05) is 0 Å². The van der Waals surface area contributed by atoms with Crippen LogP contribution in [-0.4, -0.2) is 28.8 Å². The van der Waals surface area contributed by atoms with Crippen LogP contribution in [0.4, 0.5) is 0 Å². The summed E-state index contributed by atoms with van der Waals surface area (Å²) >= 11 is 11.5. The van der Waals surface area contributed by atoms with Crippen molar-refractivity contribution in [1.29, 1.82) is 0 Å². The summed E-state index contributed by atoms with van der Waals surface area (Å²) in [6.45, 7) is 3.55. The zero-order chi connectivity index (χ0) is 12.5. The van der Waals surface area contributed by atoms with Gasteiger partial charge in [-0.1, -0.05) is 39.0 Å². The molecule has 0 aromatic heterocycles. The molecule has 0 atom stereocenters. The fourth-order valence-electron chi connectivity index (χ4n) is 1.59. The Balaban J connectivity index is 2.02. The zero-order valence-corrected chi connectivity index (χ0v) is 11.8. The highest BCUT2D eigenvalue weighted by Crippen LogP contribution is 2.06. The summed E-state index contributed by atoms with van der Waals surface area (Å²) in [5.74, 6) is 0. The van der Waals surface area contributed by atoms with Crippen LogP contribution in [0.25, 0.3) is 0 Å². The van der Waals surface area contributed by atoms with E-state index < -0.39 is 0 Å². The molecule has 0 aliphatic carbocycles. The quantitative estimate of drug-likeness (QED) is 0.547. The maximum Gasteiger partial charge on any atom is 0.222 e. The molecule has 0 spiro atoms. The van der Waals surface area contributed by atoms with Gasteiger partial charge in [0.1, 0.15) is 6.67 Å². The monoisotopic (exact) mass is 278 g/mol. The molecule has 0 saturated carbocycles. The van der Waals surface area contributed by atoms with Crippen molar-refractivity contribution >= 4 is 33.8 Å². The lowest BCUT2D eigenvalue weighted by molar-refractivity contribution is 0.314. The molecule has 0 bridgehead atoms. The van der Waals surface area contributed by atoms with E-state index in [2.05, 4.69) is 22.3 Å². The third-order valence-corrected chi connectivity index (χ3v) is 3.08. The predicted octanol–water partition coefficient (Wildman–Crippen LogP) is 3.31. The number of nitrogens with zero attached hydrogens (tertiary/aromatic N) is 3. The molecule has 0 aromatic carbocycles. The molecule has 1 aliphatic heterocycles. The fraction of sp³-hybridized carbons (Fsp3) is 0.818. The number of rotatable bonds is 8. The minimum absolute atomic E-state index is 0.215. The van der Waals surface area contributed by atoms with Gasteiger partial charge in [-0.15, -0.1) is 0 Å². The highest BCUT2D eigenvalue weighted by atomic mass is 35.5. The van der Waals surface area contributed by atoms with E-state index in [0.717, 1.165) is 13.0 Å². The van der Waals surface area contributed by atoms with Gasteiger partial charge >= 0.3 is 0 Å². The Morgan fingerprint density at radius 3 is 2.59 bits per heavy atom. The maximum atomic E-state index is 5.91. The highest BCUT2D eigenvalue weighted by Gasteiger charge is 2.12. The molecule has 1 rings (SSSR count). The molecule has 0 amide bonds. The SMILES string of the molecule is CCCCCCCCNN1CN=C(Cl)N=C1Cl. The highest BCUT2D eigenvalue weighted by molar-refractivity contribution is 6.71. The van der Waals surface area contributed by atoms with Crippen molar-refractivity contribution in [3.05, 3.63) is 0 Å². The number of amidine groups is 2. The minimum atomic E-state index is 0.215. The Morgan fingerprint density at radius 1 is 1.18 bits per heavy atom. The molecule has 0 aromatic rings. The van der Waals surface area contributed by atoms with Crippen LogP contribution in [0.15, 0.2) is 9.98 Å². The van der Waals surface area contributed by atoms with E-state index >= 15 is 0 Å². The lowest BCUT2D eigenvalue weighted by Gasteiger charge is -2.23. The van der Waals surface area contributed by atoms with Crippen molar-refractivity contribution in [2.24, 2.45) is 9.98 Å². The number of halogens is 2. The van der Waals surface area contributed by atoms with E-state index in [4.69, 9.17) is 23.2 Å². The Hall–Kier alpha value is -0.320. The van der Waals surface area contributed by atoms with Crippen LogP contribution in [0.5, 0.6) is 0 Å². The Bertz CT molecular complexity index is 279. The van der Waals surface area contributed by atoms with E-state index in [1.54, 1.807) is 5.01 Å². The number of aliphatic imine (C=N–C) groups is 2. The van der Waals surface area contributed by atoms with Gasteiger partial charge in [0.05, 0.1) is 0 Å². The van der Waals surface area contributed by atoms with Crippen molar-refractivity contribution in [2.75, 3.05) is 13.2 Å². The van der Waals surface area contributed by atoms with Crippen molar-refractivity contribution in [2.45, 2.75) is 45.4 Å². The van der Waals surface area contributed by atoms with E-state index in [0.29, 0.717) is 12.0 Å². The minimum Gasteiger partial charge on any atom is -0.260 e. The molecule has 0 unspecified atom stereocenters. The van der Waals surface area contributed by atoms with Crippen LogP contribution >= 0.6 is 23.2 Å². The lowest BCUT2D eigenvalue weighted by atomic mass is 10.1. The molecule has 1 aliphatic rings. The third-order valence-electron chi connectivity index (χ3n) is 2.58. The zero-order valence-electron chi connectivity index (χ0n) is 10.3. The number of hydrogen-bond donors (Lipinski definition) is 1. The van der Waals surface area contributed by atoms with Crippen molar-refractivity contribution in [1.82, 2.24) is 10.4 Å². The Labute approximate surface area is 113 Å². The summed E-state index contributed by atoms with van der Waals surface area (Å²) in [5, 5.41) is 2.28. The standard InChI is InChI=1S/C11H20Cl2N4/c1-2-3-4-5-6-7-8-15-17-9-14-10(12)16-11(17)13/h15H,2-9H2,1H3. The van der Waals surface area contributed by atoms with Gasteiger partial charge in [-0.05, 0) is 29.6 Å². The molecule has 98 valence electrons. The first-order valence-electron chi connectivity index (χ1n) is 6.19. The first kappa shape index (κ1) is 14.7. The summed E-state index contributed by atoms with van der Waals surface area (Å²) < 4.78 is 0. The van der Waals surface area contributed by atoms with Gasteiger partial charge in [-0.2, -0.15) is 4.99 Å². The first-order chi connectivity index (χ1) is 8.24. The third kappa shape index (κ3) is 6.24. The topological polar surface area (TPSA) is 40.0 Å². The van der Waals surface area contributed by atoms with Crippen molar-refractivity contribution < 1.29 is 0 Å². The summed E-state index contributed by atoms with van der Waals surface area (Å²) in [6, 6.07) is 0. The summed E-state index contributed by atoms with van der Waals surface area (Å²) in [4.78, 5) is 7.84. The van der Waals surface area contributed by atoms with Crippen molar-refractivity contribution in [3.8, 4) is 0 Å². The van der Waals surface area contributed by atoms with Gasteiger partial charge in [0.2, 0.25) is 10.6 Å². The summed E-state index contributed by atoms with van der Waals surface area (Å²) in [7, 11) is 0. The summed E-state index contributed by atoms with van der Waals surface area (Å²) in [6.07, 6.45) is 7.66. The van der Waals surface area contributed by atoms with Crippen molar-refractivity contribution in [3.63, 3.8) is 0 Å². The molecule has 6 heteroatoms. The molecular formula is C11H20Cl2N4. The van der Waals surface area contributed by atoms with E-state index in [1.165, 1.54) is 32.1 Å². The molecule has 0 saturated heterocycles. The van der Waals surface area contributed by atoms with Crippen LogP contribution < -0.4 is 5.43 Å². The van der Waals surface area contributed by atoms with E-state index in [-0.39, 0.29) is 5.29 Å². The predicted molar refractivity (Wildman–Crippen MR) is 74.7 cm³/mol. The number of unbranched alkanes of at least 4 members (excludes halogenated alkanes) is 5. The number of hydrazine groups is 1. The van der Waals surface area contributed by atoms with Gasteiger partial charge in [-0.25, -0.2) is 10.4 Å². The fourth-order valence-corrected chi connectivity index (χ4v) is 1.96. The molecular weight excluding hydrogens is 259 g/mol. The summed E-state index contributed by atoms with van der Waals surface area (Å²) in [5.41, 5.74) is 3.19. The molecule has 0 radical (unpaired) electrons. The molecule has 1 heterocycles. The Morgan fingerprint density at radius 2 is 1.88 bits per heavy atom. The van der Waals surface area contributed by atoms with Crippen LogP contribution in [0.1, 0.15) is 45.4 Å². The normalized spacial score (nSPS) is 15.8. The number of hydrogen-bond acceptors (Lipinski definition) is 4. The largest absolute Gasteiger partial charge is 0.260 e. The lowest BCUT2D eigenvalue weighted by Crippen LogP contribution is -2.43. The van der Waals surface area contributed by atoms with Gasteiger partial charge < -0.3 is 0 Å². The first-order valence-corrected chi connectivity index (χ1v) is 6.95. The second-order valence-corrected chi connectivity index (χ2v) is 4.73. The average Bonchev–Trinajstić information content (AvgIpc) is 2.30. The van der Waals surface area contributed by atoms with Crippen LogP contribution in [0.2, 0.25) is 0 Å². The van der Waals surface area contributed by atoms with Gasteiger partial charge in [0.25, 0.3) is 0 Å². The van der Waals surface area contributed by atoms with Crippen LogP contribution in [0, 0.1) is 0 Å². The smallest absolute Gasteiger partial charge is 0.222 e. The van der Waals surface area contributed by atoms with Crippen LogP contribution in [-0.2, 0) is 0 Å². The van der Waals surface area contributed by atoms with Gasteiger partial charge in [-0.3, -0.25) is 5.01 Å². The molecule has 1 N–H and O–H groups in total. The Kier molecular flexibility index (Phi) is 7.56. The molecule has 0 fully saturated rings. The van der Waals surface area contributed by atoms with Gasteiger partial charge in [0.15, 0.2) is 0 Å². The van der Waals surface area contributed by atoms with E-state index in [9.17, 15) is 0 Å². The van der Waals surface area contributed by atoms with Crippen LogP contribution in [0.3, 0.4) is 0 Å². The second kappa shape index (κ2) is 8.72. The maximum absolute atomic E-state index is 5.91. The number of nitrogens with one attached hydrogen (secondary N) is 1. The van der Waals surface area contributed by atoms with Gasteiger partial charge in [0, 0.05) is 6.54 Å². The molecule has 17 heavy (non-hydrogen) atoms. The molecule has 4 nitrogen and oxygen atoms in total. The average molecular weight is 279 g/mol. The second-order valence-electron chi connectivity index (χ2n) is 4.05.